The van der Waals surface area contributed by atoms with E-state index >= 15 is 0 Å². The summed E-state index contributed by atoms with van der Waals surface area (Å²) in [4.78, 5) is 14.7. The highest BCUT2D eigenvalue weighted by molar-refractivity contribution is 5.94. The second-order valence-electron chi connectivity index (χ2n) is 7.59. The zero-order valence-corrected chi connectivity index (χ0v) is 15.9. The Morgan fingerprint density at radius 3 is 2.61 bits per heavy atom. The molecule has 1 saturated carbocycles. The van der Waals surface area contributed by atoms with E-state index in [4.69, 9.17) is 16.4 Å². The standard InChI is InChI=1S/C24H22N2O2/c1-3-23(27)26-20(12-16-4-5-16)13-19-14-21(28-2)10-11-22(19)24(26)18-8-6-17(15-25)7-9-18/h1,6-11,14,16,20,24H,4-5,12-13H2,2H3/t20-,24-/m0/s1. The molecule has 1 fully saturated rings. The van der Waals surface area contributed by atoms with Gasteiger partial charge in [-0.25, -0.2) is 0 Å². The summed E-state index contributed by atoms with van der Waals surface area (Å²) in [6, 6.07) is 15.4. The molecule has 2 atom stereocenters. The first-order valence-electron chi connectivity index (χ1n) is 9.60. The summed E-state index contributed by atoms with van der Waals surface area (Å²) in [6.45, 7) is 0. The maximum Gasteiger partial charge on any atom is 0.299 e. The van der Waals surface area contributed by atoms with Crippen molar-refractivity contribution in [1.82, 2.24) is 4.90 Å². The van der Waals surface area contributed by atoms with Crippen molar-refractivity contribution in [3.8, 4) is 24.2 Å². The SMILES string of the molecule is C#CC(=O)N1[C@@H](CC2CC2)Cc2cc(OC)ccc2[C@@H]1c1ccc(C#N)cc1. The van der Waals surface area contributed by atoms with Gasteiger partial charge >= 0.3 is 0 Å². The summed E-state index contributed by atoms with van der Waals surface area (Å²) >= 11 is 0. The van der Waals surface area contributed by atoms with Crippen LogP contribution in [-0.4, -0.2) is 24.0 Å². The molecule has 28 heavy (non-hydrogen) atoms. The number of fused-ring (bicyclic) bond motifs is 1. The van der Waals surface area contributed by atoms with Gasteiger partial charge in [-0.2, -0.15) is 5.26 Å². The van der Waals surface area contributed by atoms with Gasteiger partial charge < -0.3 is 9.64 Å². The van der Waals surface area contributed by atoms with Crippen LogP contribution in [0.3, 0.4) is 0 Å². The lowest BCUT2D eigenvalue weighted by Crippen LogP contribution is -2.47. The van der Waals surface area contributed by atoms with E-state index < -0.39 is 0 Å². The molecular weight excluding hydrogens is 348 g/mol. The van der Waals surface area contributed by atoms with E-state index in [-0.39, 0.29) is 18.0 Å². The number of ether oxygens (including phenoxy) is 1. The van der Waals surface area contributed by atoms with Gasteiger partial charge in [0, 0.05) is 6.04 Å². The highest BCUT2D eigenvalue weighted by Gasteiger charge is 2.40. The van der Waals surface area contributed by atoms with Crippen LogP contribution in [0.2, 0.25) is 0 Å². The number of terminal acetylenes is 1. The third kappa shape index (κ3) is 3.35. The van der Waals surface area contributed by atoms with E-state index in [1.54, 1.807) is 19.2 Å². The first kappa shape index (κ1) is 18.1. The zero-order valence-electron chi connectivity index (χ0n) is 15.9. The number of hydrogen-bond donors (Lipinski definition) is 0. The molecule has 1 aliphatic heterocycles. The number of nitrogens with zero attached hydrogens (tertiary/aromatic N) is 2. The lowest BCUT2D eigenvalue weighted by atomic mass is 9.82. The minimum absolute atomic E-state index is 0.0660. The molecule has 4 heteroatoms. The van der Waals surface area contributed by atoms with Crippen molar-refractivity contribution in [2.45, 2.75) is 37.8 Å². The van der Waals surface area contributed by atoms with Crippen LogP contribution in [0.25, 0.3) is 0 Å². The molecule has 1 aliphatic carbocycles. The molecule has 0 aromatic heterocycles. The van der Waals surface area contributed by atoms with Crippen molar-refractivity contribution in [3.05, 3.63) is 64.7 Å². The number of nitriles is 1. The second kappa shape index (κ2) is 7.41. The smallest absolute Gasteiger partial charge is 0.299 e. The van der Waals surface area contributed by atoms with Crippen LogP contribution in [0.1, 0.15) is 47.6 Å². The quantitative estimate of drug-likeness (QED) is 0.769. The third-order valence-corrected chi connectivity index (χ3v) is 5.79. The molecule has 140 valence electrons. The summed E-state index contributed by atoms with van der Waals surface area (Å²) in [5.74, 6) is 3.56. The fourth-order valence-corrected chi connectivity index (χ4v) is 4.24. The van der Waals surface area contributed by atoms with Crippen molar-refractivity contribution < 1.29 is 9.53 Å². The van der Waals surface area contributed by atoms with Crippen molar-refractivity contribution in [2.24, 2.45) is 5.92 Å². The van der Waals surface area contributed by atoms with Crippen molar-refractivity contribution in [3.63, 3.8) is 0 Å². The van der Waals surface area contributed by atoms with E-state index in [9.17, 15) is 4.79 Å². The molecular formula is C24H22N2O2. The fourth-order valence-electron chi connectivity index (χ4n) is 4.24. The number of carbonyl (C=O) groups is 1. The molecule has 0 spiro atoms. The first-order valence-corrected chi connectivity index (χ1v) is 9.60. The second-order valence-corrected chi connectivity index (χ2v) is 7.59. The maximum atomic E-state index is 12.8. The Labute approximate surface area is 165 Å². The molecule has 4 nitrogen and oxygen atoms in total. The predicted octanol–water partition coefficient (Wildman–Crippen LogP) is 3.84. The monoisotopic (exact) mass is 370 g/mol. The molecule has 0 bridgehead atoms. The highest BCUT2D eigenvalue weighted by atomic mass is 16.5. The number of amides is 1. The first-order chi connectivity index (χ1) is 13.6. The van der Waals surface area contributed by atoms with Gasteiger partial charge in [0.05, 0.1) is 24.8 Å². The van der Waals surface area contributed by atoms with E-state index in [0.717, 1.165) is 29.7 Å². The Bertz CT molecular complexity index is 977. The summed E-state index contributed by atoms with van der Waals surface area (Å²) in [5, 5.41) is 9.13. The van der Waals surface area contributed by atoms with E-state index in [2.05, 4.69) is 18.1 Å². The van der Waals surface area contributed by atoms with E-state index in [0.29, 0.717) is 11.5 Å². The maximum absolute atomic E-state index is 12.8. The van der Waals surface area contributed by atoms with Crippen LogP contribution in [0.15, 0.2) is 42.5 Å². The highest BCUT2D eigenvalue weighted by Crippen LogP contribution is 2.44. The predicted molar refractivity (Wildman–Crippen MR) is 107 cm³/mol. The zero-order chi connectivity index (χ0) is 19.7. The van der Waals surface area contributed by atoms with Crippen LogP contribution in [0, 0.1) is 29.6 Å². The molecule has 1 amide bonds. The summed E-state index contributed by atoms with van der Waals surface area (Å²) in [7, 11) is 1.67. The Kier molecular flexibility index (Phi) is 4.80. The average molecular weight is 370 g/mol. The molecule has 0 saturated heterocycles. The normalized spacial score (nSPS) is 20.6. The van der Waals surface area contributed by atoms with Crippen LogP contribution in [-0.2, 0) is 11.2 Å². The summed E-state index contributed by atoms with van der Waals surface area (Å²) in [5.41, 5.74) is 3.83. The van der Waals surface area contributed by atoms with Gasteiger partial charge in [-0.05, 0) is 65.6 Å². The minimum Gasteiger partial charge on any atom is -0.497 e. The molecule has 2 aromatic rings. The Morgan fingerprint density at radius 2 is 2.00 bits per heavy atom. The lowest BCUT2D eigenvalue weighted by Gasteiger charge is -2.43. The topological polar surface area (TPSA) is 53.3 Å². The van der Waals surface area contributed by atoms with Gasteiger partial charge in [-0.1, -0.05) is 31.0 Å². The van der Waals surface area contributed by atoms with E-state index in [1.807, 2.05) is 29.2 Å². The third-order valence-electron chi connectivity index (χ3n) is 5.79. The fraction of sp³-hybridized carbons (Fsp3) is 0.333. The van der Waals surface area contributed by atoms with Gasteiger partial charge in [0.25, 0.3) is 5.91 Å². The van der Waals surface area contributed by atoms with Crippen molar-refractivity contribution in [1.29, 1.82) is 5.26 Å². The number of carbonyl (C=O) groups excluding carboxylic acids is 1. The number of methoxy groups -OCH3 is 1. The van der Waals surface area contributed by atoms with Gasteiger partial charge in [0.1, 0.15) is 5.75 Å². The average Bonchev–Trinajstić information content (AvgIpc) is 3.56. The number of benzene rings is 2. The minimum atomic E-state index is -0.276. The molecule has 4 rings (SSSR count). The molecule has 0 radical (unpaired) electrons. The molecule has 1 heterocycles. The molecule has 0 N–H and O–H groups in total. The number of rotatable bonds is 4. The van der Waals surface area contributed by atoms with Crippen molar-refractivity contribution >= 4 is 5.91 Å². The van der Waals surface area contributed by atoms with Gasteiger partial charge in [-0.15, -0.1) is 6.42 Å². The number of hydrogen-bond acceptors (Lipinski definition) is 3. The van der Waals surface area contributed by atoms with Gasteiger partial charge in [0.15, 0.2) is 0 Å². The summed E-state index contributed by atoms with van der Waals surface area (Å²) < 4.78 is 5.43. The van der Waals surface area contributed by atoms with Crippen LogP contribution >= 0.6 is 0 Å². The lowest BCUT2D eigenvalue weighted by molar-refractivity contribution is -0.130. The molecule has 2 aliphatic rings. The van der Waals surface area contributed by atoms with E-state index in [1.165, 1.54) is 18.4 Å². The van der Waals surface area contributed by atoms with Crippen molar-refractivity contribution in [2.75, 3.05) is 7.11 Å². The summed E-state index contributed by atoms with van der Waals surface area (Å²) in [6.07, 6.45) is 9.76. The van der Waals surface area contributed by atoms with Gasteiger partial charge in [0.2, 0.25) is 0 Å². The molecule has 0 unspecified atom stereocenters. The Balaban J connectivity index is 1.84. The largest absolute Gasteiger partial charge is 0.497 e. The van der Waals surface area contributed by atoms with Crippen LogP contribution in [0.4, 0.5) is 0 Å². The van der Waals surface area contributed by atoms with Gasteiger partial charge in [-0.3, -0.25) is 4.79 Å². The van der Waals surface area contributed by atoms with Crippen LogP contribution in [0.5, 0.6) is 5.75 Å². The molecule has 2 aromatic carbocycles. The Hall–Kier alpha value is -3.24. The Morgan fingerprint density at radius 1 is 1.25 bits per heavy atom. The van der Waals surface area contributed by atoms with Crippen LogP contribution < -0.4 is 4.74 Å².